The maximum absolute atomic E-state index is 8.34. The van der Waals surface area contributed by atoms with Crippen LogP contribution in [0.1, 0.15) is 38.5 Å². The van der Waals surface area contributed by atoms with Crippen molar-refractivity contribution in [1.82, 2.24) is 0 Å². The van der Waals surface area contributed by atoms with E-state index in [1.807, 2.05) is 0 Å². The van der Waals surface area contributed by atoms with E-state index in [2.05, 4.69) is 18.2 Å². The van der Waals surface area contributed by atoms with Crippen LogP contribution in [-0.4, -0.2) is 13.2 Å². The van der Waals surface area contributed by atoms with Gasteiger partial charge in [0.1, 0.15) is 0 Å². The summed E-state index contributed by atoms with van der Waals surface area (Å²) in [5, 5.41) is 8.34. The second-order valence-corrected chi connectivity index (χ2v) is 3.78. The molecule has 2 nitrogen and oxygen atoms in total. The molecule has 0 saturated carbocycles. The lowest BCUT2D eigenvalue weighted by Gasteiger charge is -2.18. The van der Waals surface area contributed by atoms with Gasteiger partial charge in [-0.3, -0.25) is 0 Å². The van der Waals surface area contributed by atoms with Gasteiger partial charge in [-0.1, -0.05) is 12.2 Å². The van der Waals surface area contributed by atoms with Crippen molar-refractivity contribution in [3.8, 4) is 6.07 Å². The van der Waals surface area contributed by atoms with Gasteiger partial charge in [-0.25, -0.2) is 0 Å². The van der Waals surface area contributed by atoms with Gasteiger partial charge in [0.25, 0.3) is 0 Å². The molecular formula is C12H19NO. The first kappa shape index (κ1) is 11.3. The maximum atomic E-state index is 8.34. The Labute approximate surface area is 86.6 Å². The summed E-state index contributed by atoms with van der Waals surface area (Å²) in [7, 11) is 0. The van der Waals surface area contributed by atoms with Crippen molar-refractivity contribution in [2.45, 2.75) is 38.5 Å². The number of hydrogen-bond acceptors (Lipinski definition) is 2. The molecule has 1 heterocycles. The Morgan fingerprint density at radius 2 is 2.07 bits per heavy atom. The SMILES string of the molecule is N#CCCCC/C=C/C1CCOCC1. The van der Waals surface area contributed by atoms with Gasteiger partial charge in [0.2, 0.25) is 0 Å². The molecule has 0 aromatic rings. The van der Waals surface area contributed by atoms with Crippen LogP contribution >= 0.6 is 0 Å². The highest BCUT2D eigenvalue weighted by Gasteiger charge is 2.09. The van der Waals surface area contributed by atoms with Crippen molar-refractivity contribution in [1.29, 1.82) is 5.26 Å². The third-order valence-corrected chi connectivity index (χ3v) is 2.58. The zero-order chi connectivity index (χ0) is 10.1. The Hall–Kier alpha value is -0.810. The van der Waals surface area contributed by atoms with Crippen LogP contribution in [0.4, 0.5) is 0 Å². The smallest absolute Gasteiger partial charge is 0.0621 e. The molecule has 0 unspecified atom stereocenters. The molecule has 0 spiro atoms. The summed E-state index contributed by atoms with van der Waals surface area (Å²) < 4.78 is 5.29. The number of nitriles is 1. The maximum Gasteiger partial charge on any atom is 0.0621 e. The van der Waals surface area contributed by atoms with Crippen LogP contribution in [-0.2, 0) is 4.74 Å². The van der Waals surface area contributed by atoms with Crippen LogP contribution in [0.15, 0.2) is 12.2 Å². The predicted molar refractivity (Wildman–Crippen MR) is 56.8 cm³/mol. The molecule has 0 N–H and O–H groups in total. The van der Waals surface area contributed by atoms with E-state index >= 15 is 0 Å². The molecular weight excluding hydrogens is 174 g/mol. The van der Waals surface area contributed by atoms with Crippen molar-refractivity contribution in [2.24, 2.45) is 5.92 Å². The average molecular weight is 193 g/mol. The van der Waals surface area contributed by atoms with E-state index in [4.69, 9.17) is 10.00 Å². The minimum absolute atomic E-state index is 0.700. The lowest BCUT2D eigenvalue weighted by atomic mass is 9.99. The predicted octanol–water partition coefficient (Wildman–Crippen LogP) is 3.05. The van der Waals surface area contributed by atoms with Crippen molar-refractivity contribution < 1.29 is 4.74 Å². The summed E-state index contributed by atoms with van der Waals surface area (Å²) >= 11 is 0. The van der Waals surface area contributed by atoms with Crippen molar-refractivity contribution in [3.63, 3.8) is 0 Å². The fraction of sp³-hybridized carbons (Fsp3) is 0.750. The van der Waals surface area contributed by atoms with Crippen LogP contribution in [0.25, 0.3) is 0 Å². The number of hydrogen-bond donors (Lipinski definition) is 0. The number of ether oxygens (including phenoxy) is 1. The fourth-order valence-electron chi connectivity index (χ4n) is 1.66. The van der Waals surface area contributed by atoms with Crippen molar-refractivity contribution in [3.05, 3.63) is 12.2 Å². The molecule has 14 heavy (non-hydrogen) atoms. The highest BCUT2D eigenvalue weighted by Crippen LogP contribution is 2.16. The molecule has 0 radical (unpaired) electrons. The van der Waals surface area contributed by atoms with E-state index in [1.54, 1.807) is 0 Å². The van der Waals surface area contributed by atoms with Gasteiger partial charge in [0, 0.05) is 19.6 Å². The lowest BCUT2D eigenvalue weighted by molar-refractivity contribution is 0.0785. The van der Waals surface area contributed by atoms with Gasteiger partial charge in [0.15, 0.2) is 0 Å². The van der Waals surface area contributed by atoms with Crippen molar-refractivity contribution >= 4 is 0 Å². The van der Waals surface area contributed by atoms with Crippen LogP contribution < -0.4 is 0 Å². The molecule has 1 aliphatic heterocycles. The fourth-order valence-corrected chi connectivity index (χ4v) is 1.66. The molecule has 1 aliphatic rings. The van der Waals surface area contributed by atoms with Crippen LogP contribution in [0.3, 0.4) is 0 Å². The van der Waals surface area contributed by atoms with E-state index in [9.17, 15) is 0 Å². The summed E-state index contributed by atoms with van der Waals surface area (Å²) in [6, 6.07) is 2.17. The lowest BCUT2D eigenvalue weighted by Crippen LogP contribution is -2.13. The van der Waals surface area contributed by atoms with Gasteiger partial charge >= 0.3 is 0 Å². The van der Waals surface area contributed by atoms with Gasteiger partial charge in [0.05, 0.1) is 6.07 Å². The molecule has 0 atom stereocenters. The van der Waals surface area contributed by atoms with E-state index in [-0.39, 0.29) is 0 Å². The Morgan fingerprint density at radius 3 is 2.79 bits per heavy atom. The molecule has 0 bridgehead atoms. The Bertz CT molecular complexity index is 199. The first-order valence-corrected chi connectivity index (χ1v) is 5.55. The topological polar surface area (TPSA) is 33.0 Å². The third-order valence-electron chi connectivity index (χ3n) is 2.58. The molecule has 0 aromatic heterocycles. The summed E-state index contributed by atoms with van der Waals surface area (Å²) in [6.45, 7) is 1.84. The van der Waals surface area contributed by atoms with E-state index < -0.39 is 0 Å². The molecule has 1 rings (SSSR count). The van der Waals surface area contributed by atoms with E-state index in [0.717, 1.165) is 38.4 Å². The standard InChI is InChI=1S/C12H19NO/c13-9-5-3-1-2-4-6-12-7-10-14-11-8-12/h4,6,12H,1-3,5,7-8,10-11H2/b6-4+. The molecule has 2 heteroatoms. The first-order chi connectivity index (χ1) is 6.93. The molecule has 0 aliphatic carbocycles. The number of rotatable bonds is 5. The van der Waals surface area contributed by atoms with Crippen LogP contribution in [0.5, 0.6) is 0 Å². The minimum Gasteiger partial charge on any atom is -0.381 e. The second-order valence-electron chi connectivity index (χ2n) is 3.78. The molecule has 0 amide bonds. The van der Waals surface area contributed by atoms with E-state index in [0.29, 0.717) is 6.42 Å². The third kappa shape index (κ3) is 5.04. The van der Waals surface area contributed by atoms with Gasteiger partial charge in [-0.05, 0) is 38.0 Å². The summed E-state index contributed by atoms with van der Waals surface area (Å²) in [6.07, 6.45) is 11.0. The summed E-state index contributed by atoms with van der Waals surface area (Å²) in [5.74, 6) is 0.736. The molecule has 1 fully saturated rings. The highest BCUT2D eigenvalue weighted by molar-refractivity contribution is 4.89. The second kappa shape index (κ2) is 7.58. The van der Waals surface area contributed by atoms with Crippen LogP contribution in [0, 0.1) is 17.2 Å². The van der Waals surface area contributed by atoms with Crippen LogP contribution in [0.2, 0.25) is 0 Å². The number of unbranched alkanes of at least 4 members (excludes halogenated alkanes) is 3. The largest absolute Gasteiger partial charge is 0.381 e. The zero-order valence-corrected chi connectivity index (χ0v) is 8.74. The van der Waals surface area contributed by atoms with Gasteiger partial charge in [-0.15, -0.1) is 0 Å². The average Bonchev–Trinajstić information content (AvgIpc) is 2.25. The van der Waals surface area contributed by atoms with E-state index in [1.165, 1.54) is 12.8 Å². The number of nitrogens with zero attached hydrogens (tertiary/aromatic N) is 1. The summed E-state index contributed by atoms with van der Waals surface area (Å²) in [5.41, 5.74) is 0. The number of allylic oxidation sites excluding steroid dienone is 2. The Morgan fingerprint density at radius 1 is 1.29 bits per heavy atom. The first-order valence-electron chi connectivity index (χ1n) is 5.55. The molecule has 1 saturated heterocycles. The Kier molecular flexibility index (Phi) is 6.10. The summed E-state index contributed by atoms with van der Waals surface area (Å²) in [4.78, 5) is 0. The normalized spacial score (nSPS) is 18.5. The zero-order valence-electron chi connectivity index (χ0n) is 8.74. The van der Waals surface area contributed by atoms with Crippen molar-refractivity contribution in [2.75, 3.05) is 13.2 Å². The van der Waals surface area contributed by atoms with Gasteiger partial charge in [-0.2, -0.15) is 5.26 Å². The molecule has 0 aromatic carbocycles. The Balaban J connectivity index is 1.99. The highest BCUT2D eigenvalue weighted by atomic mass is 16.5. The molecule has 78 valence electrons. The minimum atomic E-state index is 0.700. The monoisotopic (exact) mass is 193 g/mol. The quantitative estimate of drug-likeness (QED) is 0.496. The van der Waals surface area contributed by atoms with Gasteiger partial charge < -0.3 is 4.74 Å².